The number of aliphatic hydroxyl groups excluding tert-OH is 1. The van der Waals surface area contributed by atoms with E-state index < -0.39 is 0 Å². The van der Waals surface area contributed by atoms with Crippen molar-refractivity contribution in [2.45, 2.75) is 6.42 Å². The molecule has 1 rings (SSSR count). The normalized spacial score (nSPS) is 10.5. The Kier molecular flexibility index (Phi) is 4.44. The monoisotopic (exact) mass is 204 g/mol. The van der Waals surface area contributed by atoms with Crippen LogP contribution in [0.1, 0.15) is 32.7 Å². The van der Waals surface area contributed by atoms with E-state index in [4.69, 9.17) is 5.11 Å². The van der Waals surface area contributed by atoms with Crippen LogP contribution in [0.15, 0.2) is 24.3 Å². The molecule has 15 heavy (non-hydrogen) atoms. The number of carbonyl (C=O) groups excluding carboxylic acids is 2. The van der Waals surface area contributed by atoms with Gasteiger partial charge in [-0.2, -0.15) is 0 Å². The van der Waals surface area contributed by atoms with Crippen molar-refractivity contribution in [3.05, 3.63) is 41.0 Å². The summed E-state index contributed by atoms with van der Waals surface area (Å²) in [5.41, 5.74) is 1.74. The predicted octanol–water partition coefficient (Wildman–Crippen LogP) is 1.71. The minimum Gasteiger partial charge on any atom is -0.396 e. The molecule has 0 saturated heterocycles. The highest BCUT2D eigenvalue weighted by atomic mass is 16.2. The molecule has 1 aromatic carbocycles. The topological polar surface area (TPSA) is 54.4 Å². The van der Waals surface area contributed by atoms with Crippen molar-refractivity contribution in [3.8, 4) is 0 Å². The molecular weight excluding hydrogens is 192 g/mol. The van der Waals surface area contributed by atoms with E-state index in [1.54, 1.807) is 24.3 Å². The van der Waals surface area contributed by atoms with Crippen LogP contribution in [0.5, 0.6) is 0 Å². The highest BCUT2D eigenvalue weighted by molar-refractivity contribution is 5.83. The number of rotatable bonds is 5. The number of hydrogen-bond donors (Lipinski definition) is 1. The second-order valence-corrected chi connectivity index (χ2v) is 3.08. The van der Waals surface area contributed by atoms with Crippen molar-refractivity contribution in [2.75, 3.05) is 6.61 Å². The first kappa shape index (κ1) is 11.3. The van der Waals surface area contributed by atoms with Crippen molar-refractivity contribution in [1.82, 2.24) is 0 Å². The van der Waals surface area contributed by atoms with Gasteiger partial charge in [-0.25, -0.2) is 0 Å². The molecule has 0 atom stereocenters. The van der Waals surface area contributed by atoms with Gasteiger partial charge in [0.05, 0.1) is 0 Å². The van der Waals surface area contributed by atoms with E-state index in [2.05, 4.69) is 0 Å². The fraction of sp³-hybridized carbons (Fsp3) is 0.167. The Labute approximate surface area is 88.0 Å². The third-order valence-corrected chi connectivity index (χ3v) is 1.88. The summed E-state index contributed by atoms with van der Waals surface area (Å²) in [6.45, 7) is 0.0877. The maximum atomic E-state index is 10.6. The van der Waals surface area contributed by atoms with Gasteiger partial charge in [0.2, 0.25) is 0 Å². The van der Waals surface area contributed by atoms with Gasteiger partial charge in [-0.3, -0.25) is 9.59 Å². The summed E-state index contributed by atoms with van der Waals surface area (Å²) in [6.07, 6.45) is 5.53. The van der Waals surface area contributed by atoms with E-state index in [0.717, 1.165) is 5.56 Å². The molecule has 3 heteroatoms. The van der Waals surface area contributed by atoms with E-state index in [-0.39, 0.29) is 6.61 Å². The molecule has 0 radical (unpaired) electrons. The van der Waals surface area contributed by atoms with Crippen molar-refractivity contribution >= 4 is 18.6 Å². The third kappa shape index (κ3) is 3.48. The van der Waals surface area contributed by atoms with E-state index in [1.807, 2.05) is 0 Å². The van der Waals surface area contributed by atoms with Crippen LogP contribution in [0.2, 0.25) is 0 Å². The van der Waals surface area contributed by atoms with Gasteiger partial charge in [-0.1, -0.05) is 12.2 Å². The van der Waals surface area contributed by atoms with E-state index >= 15 is 0 Å². The van der Waals surface area contributed by atoms with Gasteiger partial charge in [0.15, 0.2) is 0 Å². The molecular formula is C12H12O3. The molecule has 0 aliphatic carbocycles. The quantitative estimate of drug-likeness (QED) is 0.743. The molecule has 1 N–H and O–H groups in total. The summed E-state index contributed by atoms with van der Waals surface area (Å²) in [6, 6.07) is 4.91. The maximum absolute atomic E-state index is 10.6. The van der Waals surface area contributed by atoms with Gasteiger partial charge in [0.25, 0.3) is 0 Å². The molecule has 0 aliphatic heterocycles. The maximum Gasteiger partial charge on any atom is 0.150 e. The van der Waals surface area contributed by atoms with Gasteiger partial charge in [-0.15, -0.1) is 0 Å². The summed E-state index contributed by atoms with van der Waals surface area (Å²) in [5, 5.41) is 8.58. The fourth-order valence-corrected chi connectivity index (χ4v) is 1.23. The van der Waals surface area contributed by atoms with Gasteiger partial charge in [0, 0.05) is 17.7 Å². The zero-order valence-corrected chi connectivity index (χ0v) is 8.22. The van der Waals surface area contributed by atoms with E-state index in [9.17, 15) is 9.59 Å². The van der Waals surface area contributed by atoms with Crippen LogP contribution in [0.25, 0.3) is 6.08 Å². The Balaban J connectivity index is 2.96. The highest BCUT2D eigenvalue weighted by Crippen LogP contribution is 2.09. The summed E-state index contributed by atoms with van der Waals surface area (Å²) >= 11 is 0. The average molecular weight is 204 g/mol. The second-order valence-electron chi connectivity index (χ2n) is 3.08. The zero-order chi connectivity index (χ0) is 11.1. The molecule has 0 aromatic heterocycles. The van der Waals surface area contributed by atoms with Crippen LogP contribution >= 0.6 is 0 Å². The van der Waals surface area contributed by atoms with E-state index in [1.165, 1.54) is 6.07 Å². The molecule has 78 valence electrons. The van der Waals surface area contributed by atoms with Gasteiger partial charge in [-0.05, 0) is 30.2 Å². The van der Waals surface area contributed by atoms with Crippen LogP contribution in [0.3, 0.4) is 0 Å². The molecule has 0 unspecified atom stereocenters. The molecule has 0 bridgehead atoms. The van der Waals surface area contributed by atoms with Crippen LogP contribution in [0.4, 0.5) is 0 Å². The molecule has 0 spiro atoms. The summed E-state index contributed by atoms with van der Waals surface area (Å²) in [7, 11) is 0. The molecule has 0 aliphatic rings. The van der Waals surface area contributed by atoms with Gasteiger partial charge in [0.1, 0.15) is 12.6 Å². The molecule has 0 saturated carbocycles. The highest BCUT2D eigenvalue weighted by Gasteiger charge is 1.97. The lowest BCUT2D eigenvalue weighted by atomic mass is 10.1. The predicted molar refractivity (Wildman–Crippen MR) is 58.0 cm³/mol. The fourth-order valence-electron chi connectivity index (χ4n) is 1.23. The van der Waals surface area contributed by atoms with Crippen LogP contribution in [0, 0.1) is 0 Å². The summed E-state index contributed by atoms with van der Waals surface area (Å²) < 4.78 is 0. The number of aliphatic hydroxyl groups is 1. The summed E-state index contributed by atoms with van der Waals surface area (Å²) in [5.74, 6) is 0. The first-order valence-corrected chi connectivity index (χ1v) is 4.63. The lowest BCUT2D eigenvalue weighted by molar-refractivity contribution is 0.112. The third-order valence-electron chi connectivity index (χ3n) is 1.88. The Morgan fingerprint density at radius 1 is 1.00 bits per heavy atom. The Morgan fingerprint density at radius 2 is 1.53 bits per heavy atom. The standard InChI is InChI=1S/C12H12O3/c13-4-2-1-3-10-5-11(8-14)7-12(6-10)9-15/h1,3,5-9,13H,2,4H2. The van der Waals surface area contributed by atoms with Crippen LogP contribution in [-0.4, -0.2) is 24.3 Å². The number of hydrogen-bond acceptors (Lipinski definition) is 3. The van der Waals surface area contributed by atoms with Crippen molar-refractivity contribution in [1.29, 1.82) is 0 Å². The Morgan fingerprint density at radius 3 is 2.00 bits per heavy atom. The molecule has 1 aromatic rings. The molecule has 0 amide bonds. The van der Waals surface area contributed by atoms with Crippen LogP contribution < -0.4 is 0 Å². The van der Waals surface area contributed by atoms with Crippen LogP contribution in [-0.2, 0) is 0 Å². The van der Waals surface area contributed by atoms with Gasteiger partial charge >= 0.3 is 0 Å². The number of aldehydes is 2. The summed E-state index contributed by atoms with van der Waals surface area (Å²) in [4.78, 5) is 21.2. The lowest BCUT2D eigenvalue weighted by Gasteiger charge is -1.98. The minimum atomic E-state index is 0.0877. The smallest absolute Gasteiger partial charge is 0.150 e. The first-order valence-electron chi connectivity index (χ1n) is 4.63. The van der Waals surface area contributed by atoms with Crippen molar-refractivity contribution in [2.24, 2.45) is 0 Å². The SMILES string of the molecule is O=Cc1cc(C=O)cc(C=CCCO)c1. The Hall–Kier alpha value is -1.74. The Bertz CT molecular complexity index is 354. The first-order chi connectivity index (χ1) is 7.30. The van der Waals surface area contributed by atoms with Crippen molar-refractivity contribution in [3.63, 3.8) is 0 Å². The minimum absolute atomic E-state index is 0.0877. The van der Waals surface area contributed by atoms with Gasteiger partial charge < -0.3 is 5.11 Å². The molecule has 0 heterocycles. The number of carbonyl (C=O) groups is 2. The molecule has 0 fully saturated rings. The average Bonchev–Trinajstić information content (AvgIpc) is 2.29. The lowest BCUT2D eigenvalue weighted by Crippen LogP contribution is -1.87. The molecule has 3 nitrogen and oxygen atoms in total. The zero-order valence-electron chi connectivity index (χ0n) is 8.22. The van der Waals surface area contributed by atoms with Crippen molar-refractivity contribution < 1.29 is 14.7 Å². The largest absolute Gasteiger partial charge is 0.396 e. The number of benzene rings is 1. The second kappa shape index (κ2) is 5.88. The van der Waals surface area contributed by atoms with E-state index in [0.29, 0.717) is 30.1 Å².